The third kappa shape index (κ3) is 3.94. The van der Waals surface area contributed by atoms with E-state index >= 15 is 0 Å². The maximum absolute atomic E-state index is 13.8. The molecule has 22 heavy (non-hydrogen) atoms. The van der Waals surface area contributed by atoms with Crippen LogP contribution in [0.15, 0.2) is 24.3 Å². The monoisotopic (exact) mass is 324 g/mol. The second kappa shape index (κ2) is 7.86. The van der Waals surface area contributed by atoms with Gasteiger partial charge in [-0.1, -0.05) is 38.8 Å². The number of amides is 2. The first kappa shape index (κ1) is 17.1. The average Bonchev–Trinajstić information content (AvgIpc) is 3.00. The van der Waals surface area contributed by atoms with Gasteiger partial charge in [0, 0.05) is 6.04 Å². The molecular weight excluding hydrogens is 299 g/mol. The van der Waals surface area contributed by atoms with Crippen LogP contribution in [-0.2, 0) is 0 Å². The number of para-hydroxylation sites is 1. The number of hydrogen-bond donors (Lipinski definition) is 1. The average molecular weight is 324 g/mol. The summed E-state index contributed by atoms with van der Waals surface area (Å²) in [5.74, 6) is -0.0468. The summed E-state index contributed by atoms with van der Waals surface area (Å²) >= 11 is 1.69. The summed E-state index contributed by atoms with van der Waals surface area (Å²) in [6, 6.07) is 6.39. The molecule has 0 radical (unpaired) electrons. The van der Waals surface area contributed by atoms with Crippen LogP contribution in [-0.4, -0.2) is 28.6 Å². The number of nitrogens with one attached hydrogen (secondary N) is 1. The Hall–Kier alpha value is -1.23. The minimum atomic E-state index is -0.396. The summed E-state index contributed by atoms with van der Waals surface area (Å²) < 4.78 is 13.8. The number of halogens is 1. The van der Waals surface area contributed by atoms with Crippen LogP contribution in [0.1, 0.15) is 39.5 Å². The Kier molecular flexibility index (Phi) is 6.12. The van der Waals surface area contributed by atoms with E-state index in [4.69, 9.17) is 0 Å². The molecule has 5 heteroatoms. The van der Waals surface area contributed by atoms with Gasteiger partial charge in [-0.2, -0.15) is 0 Å². The van der Waals surface area contributed by atoms with Crippen LogP contribution in [0.2, 0.25) is 0 Å². The van der Waals surface area contributed by atoms with E-state index in [1.54, 1.807) is 30.0 Å². The van der Waals surface area contributed by atoms with Crippen molar-refractivity contribution in [3.63, 3.8) is 0 Å². The first-order chi connectivity index (χ1) is 10.5. The summed E-state index contributed by atoms with van der Waals surface area (Å²) in [5, 5.41) is 2.86. The van der Waals surface area contributed by atoms with E-state index in [-0.39, 0.29) is 23.1 Å². The molecule has 1 saturated carbocycles. The van der Waals surface area contributed by atoms with Gasteiger partial charge in [0.15, 0.2) is 0 Å². The molecule has 1 unspecified atom stereocenters. The van der Waals surface area contributed by atoms with Crippen molar-refractivity contribution in [1.82, 2.24) is 4.90 Å². The Labute approximate surface area is 136 Å². The second-order valence-electron chi connectivity index (χ2n) is 6.13. The standard InChI is InChI=1S/C17H25FN2OS/c1-12(2)16(22-3)20(13-8-4-5-9-13)17(21)19-15-11-7-6-10-14(15)18/h6-7,10-13,16H,4-5,8-9H2,1-3H3,(H,19,21). The fraction of sp³-hybridized carbons (Fsp3) is 0.588. The molecular formula is C17H25FN2OS. The number of carbonyl (C=O) groups excluding carboxylic acids is 1. The summed E-state index contributed by atoms with van der Waals surface area (Å²) in [5.41, 5.74) is 0.249. The molecule has 1 atom stereocenters. The van der Waals surface area contributed by atoms with E-state index in [2.05, 4.69) is 19.2 Å². The molecule has 1 fully saturated rings. The Morgan fingerprint density at radius 1 is 1.32 bits per heavy atom. The molecule has 1 aromatic rings. The molecule has 0 bridgehead atoms. The number of rotatable bonds is 5. The highest BCUT2D eigenvalue weighted by Gasteiger charge is 2.34. The fourth-order valence-electron chi connectivity index (χ4n) is 3.12. The number of urea groups is 1. The van der Waals surface area contributed by atoms with Crippen LogP contribution < -0.4 is 5.32 Å². The van der Waals surface area contributed by atoms with E-state index in [0.717, 1.165) is 25.7 Å². The first-order valence-corrected chi connectivity index (χ1v) is 9.20. The molecule has 1 N–H and O–H groups in total. The number of thioether (sulfide) groups is 1. The van der Waals surface area contributed by atoms with Crippen molar-refractivity contribution in [2.24, 2.45) is 5.92 Å². The van der Waals surface area contributed by atoms with Crippen LogP contribution in [0, 0.1) is 11.7 Å². The van der Waals surface area contributed by atoms with Crippen molar-refractivity contribution in [3.05, 3.63) is 30.1 Å². The van der Waals surface area contributed by atoms with Gasteiger partial charge in [0.25, 0.3) is 0 Å². The summed E-state index contributed by atoms with van der Waals surface area (Å²) in [6.45, 7) is 4.25. The number of anilines is 1. The van der Waals surface area contributed by atoms with Crippen LogP contribution in [0.5, 0.6) is 0 Å². The fourth-order valence-corrected chi connectivity index (χ4v) is 4.16. The zero-order valence-corrected chi connectivity index (χ0v) is 14.3. The topological polar surface area (TPSA) is 32.3 Å². The molecule has 2 amide bonds. The van der Waals surface area contributed by atoms with Crippen LogP contribution in [0.3, 0.4) is 0 Å². The zero-order chi connectivity index (χ0) is 16.1. The van der Waals surface area contributed by atoms with Gasteiger partial charge in [0.2, 0.25) is 0 Å². The third-order valence-corrected chi connectivity index (χ3v) is 5.41. The number of nitrogens with zero attached hydrogens (tertiary/aromatic N) is 1. The summed E-state index contributed by atoms with van der Waals surface area (Å²) in [4.78, 5) is 14.7. The molecule has 0 saturated heterocycles. The van der Waals surface area contributed by atoms with Gasteiger partial charge in [-0.05, 0) is 37.1 Å². The highest BCUT2D eigenvalue weighted by molar-refractivity contribution is 7.99. The lowest BCUT2D eigenvalue weighted by molar-refractivity contribution is 0.168. The van der Waals surface area contributed by atoms with Gasteiger partial charge in [-0.15, -0.1) is 11.8 Å². The number of benzene rings is 1. The van der Waals surface area contributed by atoms with Crippen molar-refractivity contribution < 1.29 is 9.18 Å². The van der Waals surface area contributed by atoms with Crippen LogP contribution in [0.4, 0.5) is 14.9 Å². The molecule has 1 aromatic carbocycles. The quantitative estimate of drug-likeness (QED) is 0.777. The van der Waals surface area contributed by atoms with Gasteiger partial charge in [-0.25, -0.2) is 9.18 Å². The molecule has 0 aliphatic heterocycles. The second-order valence-corrected chi connectivity index (χ2v) is 7.08. The van der Waals surface area contributed by atoms with Gasteiger partial charge >= 0.3 is 6.03 Å². The van der Waals surface area contributed by atoms with E-state index in [9.17, 15) is 9.18 Å². The van der Waals surface area contributed by atoms with Gasteiger partial charge in [0.05, 0.1) is 11.1 Å². The minimum Gasteiger partial charge on any atom is -0.309 e. The molecule has 122 valence electrons. The molecule has 1 aliphatic rings. The van der Waals surface area contributed by atoms with Gasteiger partial charge < -0.3 is 10.2 Å². The van der Waals surface area contributed by atoms with E-state index < -0.39 is 5.82 Å². The maximum atomic E-state index is 13.8. The number of hydrogen-bond acceptors (Lipinski definition) is 2. The maximum Gasteiger partial charge on any atom is 0.323 e. The Balaban J connectivity index is 2.20. The molecule has 2 rings (SSSR count). The smallest absolute Gasteiger partial charge is 0.309 e. The normalized spacial score (nSPS) is 16.8. The minimum absolute atomic E-state index is 0.106. The first-order valence-electron chi connectivity index (χ1n) is 7.91. The van der Waals surface area contributed by atoms with Crippen molar-refractivity contribution in [2.45, 2.75) is 50.9 Å². The lowest BCUT2D eigenvalue weighted by Gasteiger charge is -2.37. The highest BCUT2D eigenvalue weighted by Crippen LogP contribution is 2.32. The molecule has 1 aliphatic carbocycles. The van der Waals surface area contributed by atoms with E-state index in [1.807, 2.05) is 11.2 Å². The van der Waals surface area contributed by atoms with Gasteiger partial charge in [-0.3, -0.25) is 0 Å². The Bertz CT molecular complexity index is 503. The lowest BCUT2D eigenvalue weighted by Crippen LogP contribution is -2.49. The molecule has 0 heterocycles. The van der Waals surface area contributed by atoms with Gasteiger partial charge in [0.1, 0.15) is 5.82 Å². The SMILES string of the molecule is CSC(C(C)C)N(C(=O)Nc1ccccc1F)C1CCCC1. The Morgan fingerprint density at radius 2 is 1.95 bits per heavy atom. The van der Waals surface area contributed by atoms with Crippen molar-refractivity contribution in [3.8, 4) is 0 Å². The number of carbonyl (C=O) groups is 1. The third-order valence-electron chi connectivity index (χ3n) is 4.15. The summed E-state index contributed by atoms with van der Waals surface area (Å²) in [7, 11) is 0. The molecule has 3 nitrogen and oxygen atoms in total. The largest absolute Gasteiger partial charge is 0.323 e. The van der Waals surface area contributed by atoms with Crippen molar-refractivity contribution >= 4 is 23.5 Å². The molecule has 0 aromatic heterocycles. The van der Waals surface area contributed by atoms with E-state index in [1.165, 1.54) is 6.07 Å². The predicted octanol–water partition coefficient (Wildman–Crippen LogP) is 4.95. The van der Waals surface area contributed by atoms with Crippen LogP contribution in [0.25, 0.3) is 0 Å². The van der Waals surface area contributed by atoms with Crippen LogP contribution >= 0.6 is 11.8 Å². The Morgan fingerprint density at radius 3 is 2.50 bits per heavy atom. The highest BCUT2D eigenvalue weighted by atomic mass is 32.2. The summed E-state index contributed by atoms with van der Waals surface area (Å²) in [6.07, 6.45) is 6.42. The zero-order valence-electron chi connectivity index (χ0n) is 13.5. The predicted molar refractivity (Wildman–Crippen MR) is 91.7 cm³/mol. The lowest BCUT2D eigenvalue weighted by atomic mass is 10.1. The van der Waals surface area contributed by atoms with Crippen molar-refractivity contribution in [1.29, 1.82) is 0 Å². The van der Waals surface area contributed by atoms with E-state index in [0.29, 0.717) is 5.92 Å². The van der Waals surface area contributed by atoms with Crippen molar-refractivity contribution in [2.75, 3.05) is 11.6 Å². The molecule has 0 spiro atoms.